The second-order valence-electron chi connectivity index (χ2n) is 6.55. The van der Waals surface area contributed by atoms with E-state index in [0.29, 0.717) is 16.0 Å². The van der Waals surface area contributed by atoms with Crippen molar-refractivity contribution in [2.24, 2.45) is 4.99 Å². The molecule has 2 aromatic carbocycles. The van der Waals surface area contributed by atoms with Crippen molar-refractivity contribution in [2.45, 2.75) is 33.1 Å². The molecule has 6 heteroatoms. The lowest BCUT2D eigenvalue weighted by Gasteiger charge is -2.25. The summed E-state index contributed by atoms with van der Waals surface area (Å²) in [5, 5.41) is 2.19. The minimum atomic E-state index is -0.339. The molecule has 4 nitrogen and oxygen atoms in total. The molecule has 3 rings (SSSR count). The van der Waals surface area contributed by atoms with Gasteiger partial charge in [-0.05, 0) is 62.1 Å². The third kappa shape index (κ3) is 5.05. The Bertz CT molecular complexity index is 784. The fourth-order valence-electron chi connectivity index (χ4n) is 2.94. The number of hydrogen-bond acceptors (Lipinski definition) is 3. The number of rotatable bonds is 5. The monoisotopic (exact) mass is 419 g/mol. The molecule has 0 atom stereocenters. The van der Waals surface area contributed by atoms with Gasteiger partial charge in [0.15, 0.2) is 0 Å². The number of benzene rings is 2. The number of hydrogen-bond donors (Lipinski definition) is 1. The summed E-state index contributed by atoms with van der Waals surface area (Å²) in [5.41, 5.74) is 6.08. The van der Waals surface area contributed by atoms with E-state index in [9.17, 15) is 4.39 Å². The Morgan fingerprint density at radius 2 is 1.85 bits per heavy atom. The van der Waals surface area contributed by atoms with Gasteiger partial charge in [0.05, 0.1) is 5.69 Å². The van der Waals surface area contributed by atoms with Crippen molar-refractivity contribution in [3.8, 4) is 11.5 Å². The SMILES string of the molecule is Cc1cc(Oc2cc(F)cc(Br)c2)c(C)cc1N=CNN1CCCCC1. The fraction of sp³-hybridized carbons (Fsp3) is 0.350. The molecule has 1 N–H and O–H groups in total. The molecule has 0 aliphatic carbocycles. The smallest absolute Gasteiger partial charge is 0.131 e. The van der Waals surface area contributed by atoms with Crippen LogP contribution in [0, 0.1) is 19.7 Å². The van der Waals surface area contributed by atoms with Gasteiger partial charge in [-0.25, -0.2) is 14.4 Å². The molecular formula is C20H23BrFN3O. The Hall–Kier alpha value is -1.92. The number of aliphatic imine (C=N–C) groups is 1. The number of nitrogens with zero attached hydrogens (tertiary/aromatic N) is 2. The maximum absolute atomic E-state index is 13.5. The normalized spacial score (nSPS) is 15.4. The average molecular weight is 420 g/mol. The van der Waals surface area contributed by atoms with Crippen LogP contribution in [-0.4, -0.2) is 24.4 Å². The molecule has 0 saturated carbocycles. The average Bonchev–Trinajstić information content (AvgIpc) is 2.59. The Morgan fingerprint density at radius 3 is 2.58 bits per heavy atom. The van der Waals surface area contributed by atoms with Crippen molar-refractivity contribution in [3.05, 3.63) is 51.7 Å². The van der Waals surface area contributed by atoms with Gasteiger partial charge >= 0.3 is 0 Å². The van der Waals surface area contributed by atoms with E-state index in [4.69, 9.17) is 4.74 Å². The van der Waals surface area contributed by atoms with E-state index in [0.717, 1.165) is 29.9 Å². The van der Waals surface area contributed by atoms with Crippen LogP contribution in [0.5, 0.6) is 11.5 Å². The predicted molar refractivity (Wildman–Crippen MR) is 107 cm³/mol. The first kappa shape index (κ1) is 18.9. The topological polar surface area (TPSA) is 36.9 Å². The van der Waals surface area contributed by atoms with Gasteiger partial charge in [0.25, 0.3) is 0 Å². The number of nitrogens with one attached hydrogen (secondary N) is 1. The Kier molecular flexibility index (Phi) is 6.27. The molecule has 1 saturated heterocycles. The highest BCUT2D eigenvalue weighted by Crippen LogP contribution is 2.32. The highest BCUT2D eigenvalue weighted by atomic mass is 79.9. The standard InChI is InChI=1S/C20H23BrFN3O/c1-14-9-20(26-18-11-16(21)10-17(22)12-18)15(2)8-19(14)23-13-24-25-6-4-3-5-7-25/h8-13H,3-7H2,1-2H3,(H,23,24). The number of piperidine rings is 1. The van der Waals surface area contributed by atoms with Gasteiger partial charge in [0.1, 0.15) is 23.7 Å². The van der Waals surface area contributed by atoms with Gasteiger partial charge in [-0.15, -0.1) is 0 Å². The largest absolute Gasteiger partial charge is 0.457 e. The maximum Gasteiger partial charge on any atom is 0.131 e. The Morgan fingerprint density at radius 1 is 1.08 bits per heavy atom. The molecule has 0 aromatic heterocycles. The molecule has 1 aliphatic heterocycles. The van der Waals surface area contributed by atoms with Crippen molar-refractivity contribution in [2.75, 3.05) is 13.1 Å². The van der Waals surface area contributed by atoms with Crippen molar-refractivity contribution in [1.82, 2.24) is 10.4 Å². The van der Waals surface area contributed by atoms with Crippen LogP contribution in [0.4, 0.5) is 10.1 Å². The molecule has 0 spiro atoms. The zero-order valence-corrected chi connectivity index (χ0v) is 16.6. The van der Waals surface area contributed by atoms with Crippen LogP contribution in [0.25, 0.3) is 0 Å². The van der Waals surface area contributed by atoms with E-state index >= 15 is 0 Å². The lowest BCUT2D eigenvalue weighted by molar-refractivity contribution is 0.197. The summed E-state index contributed by atoms with van der Waals surface area (Å²) in [6.07, 6.45) is 5.50. The molecular weight excluding hydrogens is 397 g/mol. The summed E-state index contributed by atoms with van der Waals surface area (Å²) in [5.74, 6) is 0.819. The molecule has 1 heterocycles. The molecule has 0 bridgehead atoms. The first-order valence-electron chi connectivity index (χ1n) is 8.80. The lowest BCUT2D eigenvalue weighted by Crippen LogP contribution is -2.40. The van der Waals surface area contributed by atoms with Crippen molar-refractivity contribution >= 4 is 28.0 Å². The zero-order chi connectivity index (χ0) is 18.5. The predicted octanol–water partition coefficient (Wildman–Crippen LogP) is 5.65. The summed E-state index contributed by atoms with van der Waals surface area (Å²) < 4.78 is 20.0. The highest BCUT2D eigenvalue weighted by molar-refractivity contribution is 9.10. The van der Waals surface area contributed by atoms with E-state index in [2.05, 4.69) is 31.4 Å². The van der Waals surface area contributed by atoms with E-state index in [1.165, 1.54) is 31.4 Å². The Balaban J connectivity index is 1.71. The summed E-state index contributed by atoms with van der Waals surface area (Å²) in [6.45, 7) is 6.06. The van der Waals surface area contributed by atoms with E-state index in [-0.39, 0.29) is 5.82 Å². The van der Waals surface area contributed by atoms with Gasteiger partial charge in [0, 0.05) is 23.6 Å². The first-order valence-corrected chi connectivity index (χ1v) is 9.59. The van der Waals surface area contributed by atoms with Crippen LogP contribution in [0.15, 0.2) is 39.8 Å². The second kappa shape index (κ2) is 8.64. The summed E-state index contributed by atoms with van der Waals surface area (Å²) >= 11 is 3.28. The quantitative estimate of drug-likeness (QED) is 0.502. The van der Waals surface area contributed by atoms with E-state index in [1.807, 2.05) is 26.0 Å². The first-order chi connectivity index (χ1) is 12.5. The Labute approximate surface area is 162 Å². The van der Waals surface area contributed by atoms with Crippen molar-refractivity contribution in [3.63, 3.8) is 0 Å². The van der Waals surface area contributed by atoms with E-state index < -0.39 is 0 Å². The van der Waals surface area contributed by atoms with Crippen molar-refractivity contribution < 1.29 is 9.13 Å². The third-order valence-corrected chi connectivity index (χ3v) is 4.82. The number of halogens is 2. The summed E-state index contributed by atoms with van der Waals surface area (Å²) in [4.78, 5) is 4.54. The highest BCUT2D eigenvalue weighted by Gasteiger charge is 2.09. The number of hydrazine groups is 1. The summed E-state index contributed by atoms with van der Waals surface area (Å²) in [6, 6.07) is 8.42. The van der Waals surface area contributed by atoms with Crippen LogP contribution < -0.4 is 10.2 Å². The fourth-order valence-corrected chi connectivity index (χ4v) is 3.39. The van der Waals surface area contributed by atoms with Crippen molar-refractivity contribution in [1.29, 1.82) is 0 Å². The number of ether oxygens (including phenoxy) is 1. The molecule has 2 aromatic rings. The van der Waals surface area contributed by atoms with Crippen LogP contribution in [-0.2, 0) is 0 Å². The van der Waals surface area contributed by atoms with Gasteiger partial charge in [-0.2, -0.15) is 0 Å². The minimum absolute atomic E-state index is 0.339. The summed E-state index contributed by atoms with van der Waals surface area (Å²) in [7, 11) is 0. The maximum atomic E-state index is 13.5. The lowest BCUT2D eigenvalue weighted by atomic mass is 10.1. The van der Waals surface area contributed by atoms with Crippen LogP contribution in [0.3, 0.4) is 0 Å². The molecule has 26 heavy (non-hydrogen) atoms. The van der Waals surface area contributed by atoms with Gasteiger partial charge in [-0.1, -0.05) is 22.4 Å². The molecule has 0 amide bonds. The van der Waals surface area contributed by atoms with Gasteiger partial charge < -0.3 is 10.2 Å². The molecule has 138 valence electrons. The van der Waals surface area contributed by atoms with Crippen LogP contribution in [0.1, 0.15) is 30.4 Å². The molecule has 0 unspecified atom stereocenters. The molecule has 1 aliphatic rings. The zero-order valence-electron chi connectivity index (χ0n) is 15.1. The molecule has 0 radical (unpaired) electrons. The van der Waals surface area contributed by atoms with Gasteiger partial charge in [0.2, 0.25) is 0 Å². The minimum Gasteiger partial charge on any atom is -0.457 e. The van der Waals surface area contributed by atoms with Gasteiger partial charge in [-0.3, -0.25) is 0 Å². The van der Waals surface area contributed by atoms with E-state index in [1.54, 1.807) is 12.4 Å². The van der Waals surface area contributed by atoms with Crippen LogP contribution in [0.2, 0.25) is 0 Å². The third-order valence-electron chi connectivity index (χ3n) is 4.36. The molecule has 1 fully saturated rings. The van der Waals surface area contributed by atoms with Crippen LogP contribution >= 0.6 is 15.9 Å². The second-order valence-corrected chi connectivity index (χ2v) is 7.46. The number of aryl methyl sites for hydroxylation is 2.